The molecule has 0 unspecified atom stereocenters. The number of carbonyl (C=O) groups excluding carboxylic acids is 1. The lowest BCUT2D eigenvalue weighted by molar-refractivity contribution is -0.133. The van der Waals surface area contributed by atoms with E-state index in [9.17, 15) is 4.79 Å². The van der Waals surface area contributed by atoms with Gasteiger partial charge in [0.25, 0.3) is 0 Å². The molecule has 1 saturated heterocycles. The van der Waals surface area contributed by atoms with Crippen molar-refractivity contribution in [1.29, 1.82) is 5.26 Å². The molecule has 0 N–H and O–H groups in total. The highest BCUT2D eigenvalue weighted by molar-refractivity contribution is 5.84. The average molecular weight is 477 g/mol. The largest absolute Gasteiger partial charge is 0.337 e. The van der Waals surface area contributed by atoms with Gasteiger partial charge < -0.3 is 9.47 Å². The van der Waals surface area contributed by atoms with E-state index in [1.807, 2.05) is 78.1 Å². The summed E-state index contributed by atoms with van der Waals surface area (Å²) in [5.41, 5.74) is 4.85. The van der Waals surface area contributed by atoms with E-state index < -0.39 is 0 Å². The Morgan fingerprint density at radius 2 is 1.72 bits per heavy atom. The molecular weight excluding hydrogens is 448 g/mol. The standard InChI is InChI=1S/C29H28N6O/c30-16-23-9-11-25(12-10-23)19-35-22-31-17-27(35)21-34(20-26-8-4-5-14-32-26)28-13-15-33(29(28)36)18-24-6-2-1-3-7-24/h1-12,14,17,22,28H,13,15,18-21H2/t28-/m0/s1. The van der Waals surface area contributed by atoms with Crippen LogP contribution in [0.25, 0.3) is 0 Å². The molecule has 0 saturated carbocycles. The average Bonchev–Trinajstić information content (AvgIpc) is 3.51. The molecule has 5 rings (SSSR count). The Balaban J connectivity index is 1.35. The molecule has 0 bridgehead atoms. The third-order valence-electron chi connectivity index (χ3n) is 6.62. The Morgan fingerprint density at radius 3 is 2.47 bits per heavy atom. The number of benzene rings is 2. The highest BCUT2D eigenvalue weighted by Crippen LogP contribution is 2.23. The summed E-state index contributed by atoms with van der Waals surface area (Å²) in [5.74, 6) is 0.160. The first kappa shape index (κ1) is 23.5. The van der Waals surface area contributed by atoms with Crippen LogP contribution in [0.15, 0.2) is 91.5 Å². The number of nitrogens with zero attached hydrogens (tertiary/aromatic N) is 6. The number of amides is 1. The van der Waals surface area contributed by atoms with Crippen LogP contribution in [0.2, 0.25) is 0 Å². The number of likely N-dealkylation sites (tertiary alicyclic amines) is 1. The minimum Gasteiger partial charge on any atom is -0.337 e. The quantitative estimate of drug-likeness (QED) is 0.365. The van der Waals surface area contributed by atoms with Crippen LogP contribution in [0.1, 0.15) is 34.5 Å². The molecule has 1 fully saturated rings. The normalized spacial score (nSPS) is 15.4. The first-order chi connectivity index (χ1) is 17.7. The van der Waals surface area contributed by atoms with Crippen LogP contribution >= 0.6 is 0 Å². The second kappa shape index (κ2) is 11.0. The lowest BCUT2D eigenvalue weighted by Gasteiger charge is -2.28. The summed E-state index contributed by atoms with van der Waals surface area (Å²) in [6.07, 6.45) is 6.27. The summed E-state index contributed by atoms with van der Waals surface area (Å²) in [7, 11) is 0. The molecule has 2 aromatic carbocycles. The zero-order valence-electron chi connectivity index (χ0n) is 20.1. The van der Waals surface area contributed by atoms with Crippen molar-refractivity contribution < 1.29 is 4.79 Å². The van der Waals surface area contributed by atoms with Gasteiger partial charge in [-0.15, -0.1) is 0 Å². The summed E-state index contributed by atoms with van der Waals surface area (Å²) < 4.78 is 2.11. The number of nitriles is 1. The van der Waals surface area contributed by atoms with Crippen LogP contribution in [-0.2, 0) is 31.0 Å². The van der Waals surface area contributed by atoms with Crippen molar-refractivity contribution in [3.8, 4) is 6.07 Å². The minimum atomic E-state index is -0.214. The van der Waals surface area contributed by atoms with Gasteiger partial charge in [-0.1, -0.05) is 48.5 Å². The highest BCUT2D eigenvalue weighted by Gasteiger charge is 2.36. The number of imidazole rings is 1. The molecule has 7 heteroatoms. The van der Waals surface area contributed by atoms with Crippen LogP contribution in [0.5, 0.6) is 0 Å². The van der Waals surface area contributed by atoms with Gasteiger partial charge in [-0.05, 0) is 41.8 Å². The number of hydrogen-bond acceptors (Lipinski definition) is 5. The summed E-state index contributed by atoms with van der Waals surface area (Å²) in [4.78, 5) is 26.6. The summed E-state index contributed by atoms with van der Waals surface area (Å²) in [6.45, 7) is 3.18. The van der Waals surface area contributed by atoms with E-state index in [-0.39, 0.29) is 11.9 Å². The third-order valence-corrected chi connectivity index (χ3v) is 6.62. The first-order valence-electron chi connectivity index (χ1n) is 12.1. The molecule has 1 amide bonds. The molecule has 3 heterocycles. The molecule has 1 atom stereocenters. The van der Waals surface area contributed by atoms with Gasteiger partial charge in [-0.3, -0.25) is 14.7 Å². The molecule has 2 aromatic heterocycles. The minimum absolute atomic E-state index is 0.160. The van der Waals surface area contributed by atoms with Crippen LogP contribution in [0, 0.1) is 11.3 Å². The Hall–Kier alpha value is -4.28. The molecule has 7 nitrogen and oxygen atoms in total. The second-order valence-electron chi connectivity index (χ2n) is 9.10. The van der Waals surface area contributed by atoms with Gasteiger partial charge in [0.1, 0.15) is 0 Å². The van der Waals surface area contributed by atoms with E-state index in [0.717, 1.165) is 35.5 Å². The summed E-state index contributed by atoms with van der Waals surface area (Å²) in [5, 5.41) is 9.07. The van der Waals surface area contributed by atoms with Crippen LogP contribution in [-0.4, -0.2) is 42.8 Å². The molecule has 1 aliphatic rings. The van der Waals surface area contributed by atoms with Crippen molar-refractivity contribution in [1.82, 2.24) is 24.3 Å². The molecule has 0 aliphatic carbocycles. The Morgan fingerprint density at radius 1 is 0.944 bits per heavy atom. The van der Waals surface area contributed by atoms with Crippen molar-refractivity contribution in [3.63, 3.8) is 0 Å². The van der Waals surface area contributed by atoms with Gasteiger partial charge in [-0.25, -0.2) is 4.98 Å². The second-order valence-corrected chi connectivity index (χ2v) is 9.10. The monoisotopic (exact) mass is 476 g/mol. The van der Waals surface area contributed by atoms with Gasteiger partial charge in [-0.2, -0.15) is 5.26 Å². The molecule has 36 heavy (non-hydrogen) atoms. The lowest BCUT2D eigenvalue weighted by atomic mass is 10.1. The Labute approximate surface area is 211 Å². The van der Waals surface area contributed by atoms with Crippen molar-refractivity contribution in [3.05, 3.63) is 120 Å². The zero-order valence-corrected chi connectivity index (χ0v) is 20.1. The van der Waals surface area contributed by atoms with E-state index in [4.69, 9.17) is 5.26 Å². The molecular formula is C29H28N6O. The maximum atomic E-state index is 13.5. The summed E-state index contributed by atoms with van der Waals surface area (Å²) in [6, 6.07) is 25.6. The van der Waals surface area contributed by atoms with Crippen LogP contribution in [0.4, 0.5) is 0 Å². The van der Waals surface area contributed by atoms with Gasteiger partial charge >= 0.3 is 0 Å². The topological polar surface area (TPSA) is 78.1 Å². The molecule has 0 radical (unpaired) electrons. The molecule has 180 valence electrons. The molecule has 1 aliphatic heterocycles. The van der Waals surface area contributed by atoms with Crippen molar-refractivity contribution in [2.75, 3.05) is 6.54 Å². The van der Waals surface area contributed by atoms with E-state index >= 15 is 0 Å². The van der Waals surface area contributed by atoms with Gasteiger partial charge in [0.2, 0.25) is 5.91 Å². The van der Waals surface area contributed by atoms with Crippen molar-refractivity contribution in [2.24, 2.45) is 0 Å². The predicted molar refractivity (Wildman–Crippen MR) is 136 cm³/mol. The van der Waals surface area contributed by atoms with E-state index in [1.54, 1.807) is 6.20 Å². The molecule has 0 spiro atoms. The van der Waals surface area contributed by atoms with E-state index in [2.05, 4.69) is 37.6 Å². The first-order valence-corrected chi connectivity index (χ1v) is 12.1. The third kappa shape index (κ3) is 5.51. The lowest BCUT2D eigenvalue weighted by Crippen LogP contribution is -2.41. The summed E-state index contributed by atoms with van der Waals surface area (Å²) >= 11 is 0. The van der Waals surface area contributed by atoms with Crippen molar-refractivity contribution >= 4 is 5.91 Å². The number of rotatable bonds is 9. The molecule has 4 aromatic rings. The highest BCUT2D eigenvalue weighted by atomic mass is 16.2. The smallest absolute Gasteiger partial charge is 0.240 e. The SMILES string of the molecule is N#Cc1ccc(Cn2cncc2CN(Cc2ccccn2)[C@H]2CCN(Cc3ccccc3)C2=O)cc1. The number of aromatic nitrogens is 3. The van der Waals surface area contributed by atoms with Gasteiger partial charge in [0, 0.05) is 45.1 Å². The Kier molecular flexibility index (Phi) is 7.15. The predicted octanol–water partition coefficient (Wildman–Crippen LogP) is 4.00. The fourth-order valence-electron chi connectivity index (χ4n) is 4.71. The van der Waals surface area contributed by atoms with E-state index in [1.165, 1.54) is 0 Å². The fourth-order valence-corrected chi connectivity index (χ4v) is 4.71. The van der Waals surface area contributed by atoms with Gasteiger partial charge in [0.15, 0.2) is 0 Å². The number of pyridine rings is 1. The maximum Gasteiger partial charge on any atom is 0.240 e. The van der Waals surface area contributed by atoms with Crippen molar-refractivity contribution in [2.45, 2.75) is 38.6 Å². The Bertz CT molecular complexity index is 1330. The number of carbonyl (C=O) groups is 1. The fraction of sp³-hybridized carbons (Fsp3) is 0.241. The van der Waals surface area contributed by atoms with E-state index in [0.29, 0.717) is 31.7 Å². The number of hydrogen-bond donors (Lipinski definition) is 0. The van der Waals surface area contributed by atoms with Crippen LogP contribution in [0.3, 0.4) is 0 Å². The van der Waals surface area contributed by atoms with Gasteiger partial charge in [0.05, 0.1) is 35.4 Å². The maximum absolute atomic E-state index is 13.5. The van der Waals surface area contributed by atoms with Crippen LogP contribution < -0.4 is 0 Å². The zero-order chi connectivity index (χ0) is 24.7.